The summed E-state index contributed by atoms with van der Waals surface area (Å²) in [5.41, 5.74) is 3.84. The molecule has 1 atom stereocenters. The molecular formula is C18H34N4O. The number of piperazine rings is 1. The summed E-state index contributed by atoms with van der Waals surface area (Å²) >= 11 is 0. The zero-order valence-corrected chi connectivity index (χ0v) is 15.5. The van der Waals surface area contributed by atoms with Crippen LogP contribution in [-0.2, 0) is 13.1 Å². The van der Waals surface area contributed by atoms with Gasteiger partial charge in [-0.05, 0) is 33.1 Å². The van der Waals surface area contributed by atoms with E-state index in [4.69, 9.17) is 0 Å². The molecule has 0 aliphatic carbocycles. The van der Waals surface area contributed by atoms with Gasteiger partial charge in [-0.15, -0.1) is 0 Å². The van der Waals surface area contributed by atoms with Gasteiger partial charge in [0.05, 0.1) is 5.69 Å². The highest BCUT2D eigenvalue weighted by Gasteiger charge is 2.27. The van der Waals surface area contributed by atoms with E-state index in [9.17, 15) is 5.11 Å². The Hall–Kier alpha value is -0.910. The number of aliphatic hydroxyl groups is 1. The Morgan fingerprint density at radius 3 is 2.57 bits per heavy atom. The summed E-state index contributed by atoms with van der Waals surface area (Å²) < 4.78 is 2.10. The molecule has 0 spiro atoms. The van der Waals surface area contributed by atoms with Crippen LogP contribution in [0.2, 0.25) is 0 Å². The molecule has 0 aromatic carbocycles. The van der Waals surface area contributed by atoms with E-state index in [1.807, 2.05) is 0 Å². The maximum absolute atomic E-state index is 9.41. The number of rotatable bonds is 7. The summed E-state index contributed by atoms with van der Waals surface area (Å²) in [6.07, 6.45) is 0.870. The molecule has 1 aromatic heterocycles. The third kappa shape index (κ3) is 4.55. The van der Waals surface area contributed by atoms with E-state index in [1.165, 1.54) is 11.3 Å². The minimum absolute atomic E-state index is 0.277. The highest BCUT2D eigenvalue weighted by atomic mass is 16.3. The van der Waals surface area contributed by atoms with E-state index in [1.54, 1.807) is 0 Å². The van der Waals surface area contributed by atoms with Gasteiger partial charge >= 0.3 is 0 Å². The molecule has 1 aliphatic heterocycles. The summed E-state index contributed by atoms with van der Waals surface area (Å²) in [5, 5.41) is 14.1. The van der Waals surface area contributed by atoms with Crippen molar-refractivity contribution in [1.82, 2.24) is 19.6 Å². The molecule has 0 radical (unpaired) electrons. The van der Waals surface area contributed by atoms with E-state index in [0.29, 0.717) is 12.0 Å². The molecule has 132 valence electrons. The van der Waals surface area contributed by atoms with Gasteiger partial charge in [0, 0.05) is 63.2 Å². The maximum Gasteiger partial charge on any atom is 0.0641 e. The van der Waals surface area contributed by atoms with Crippen LogP contribution in [0, 0.1) is 19.8 Å². The molecule has 2 heterocycles. The molecule has 1 fully saturated rings. The van der Waals surface area contributed by atoms with Crippen molar-refractivity contribution in [3.8, 4) is 0 Å². The molecule has 1 aromatic rings. The Morgan fingerprint density at radius 2 is 2.00 bits per heavy atom. The van der Waals surface area contributed by atoms with Crippen molar-refractivity contribution in [2.45, 2.75) is 60.2 Å². The number of aliphatic hydroxyl groups excluding tert-OH is 1. The number of hydrogen-bond donors (Lipinski definition) is 1. The molecule has 1 unspecified atom stereocenters. The summed E-state index contributed by atoms with van der Waals surface area (Å²) in [7, 11) is 0. The second-order valence-electron chi connectivity index (χ2n) is 7.26. The summed E-state index contributed by atoms with van der Waals surface area (Å²) in [5.74, 6) is 0.676. The lowest BCUT2D eigenvalue weighted by Crippen LogP contribution is -2.53. The fraction of sp³-hybridized carbons (Fsp3) is 0.833. The molecule has 23 heavy (non-hydrogen) atoms. The third-order valence-electron chi connectivity index (χ3n) is 4.96. The predicted octanol–water partition coefficient (Wildman–Crippen LogP) is 2.04. The average Bonchev–Trinajstić information content (AvgIpc) is 2.77. The largest absolute Gasteiger partial charge is 0.396 e. The van der Waals surface area contributed by atoms with Crippen LogP contribution in [-0.4, -0.2) is 63.5 Å². The number of aryl methyl sites for hydroxylation is 2. The van der Waals surface area contributed by atoms with Gasteiger partial charge in [-0.3, -0.25) is 14.5 Å². The number of nitrogens with zero attached hydrogens (tertiary/aromatic N) is 4. The van der Waals surface area contributed by atoms with Gasteiger partial charge in [0.1, 0.15) is 0 Å². The van der Waals surface area contributed by atoms with Crippen molar-refractivity contribution >= 4 is 0 Å². The summed E-state index contributed by atoms with van der Waals surface area (Å²) in [6, 6.07) is 0.470. The molecule has 0 saturated carbocycles. The van der Waals surface area contributed by atoms with Crippen LogP contribution < -0.4 is 0 Å². The lowest BCUT2D eigenvalue weighted by Gasteiger charge is -2.42. The van der Waals surface area contributed by atoms with Crippen LogP contribution in [0.4, 0.5) is 0 Å². The highest BCUT2D eigenvalue weighted by Crippen LogP contribution is 2.20. The quantitative estimate of drug-likeness (QED) is 0.834. The van der Waals surface area contributed by atoms with Gasteiger partial charge in [0.2, 0.25) is 0 Å². The first-order valence-electron chi connectivity index (χ1n) is 9.06. The van der Waals surface area contributed by atoms with Gasteiger partial charge in [-0.1, -0.05) is 13.8 Å². The van der Waals surface area contributed by atoms with E-state index in [2.05, 4.69) is 54.2 Å². The monoisotopic (exact) mass is 322 g/mol. The van der Waals surface area contributed by atoms with Gasteiger partial charge in [-0.2, -0.15) is 5.10 Å². The van der Waals surface area contributed by atoms with Crippen molar-refractivity contribution in [2.24, 2.45) is 5.92 Å². The van der Waals surface area contributed by atoms with Crippen molar-refractivity contribution in [3.05, 3.63) is 17.0 Å². The Balaban J connectivity index is 2.03. The number of hydrogen-bond acceptors (Lipinski definition) is 4. The number of aromatic nitrogens is 2. The minimum atomic E-state index is 0.277. The lowest BCUT2D eigenvalue weighted by atomic mass is 10.0. The zero-order valence-electron chi connectivity index (χ0n) is 15.5. The first kappa shape index (κ1) is 18.4. The van der Waals surface area contributed by atoms with E-state index in [-0.39, 0.29) is 6.61 Å². The van der Waals surface area contributed by atoms with Gasteiger partial charge in [-0.25, -0.2) is 0 Å². The van der Waals surface area contributed by atoms with Crippen molar-refractivity contribution in [1.29, 1.82) is 0 Å². The SMILES string of the molecule is CCn1nc(C)c(CN2CCN(CC(C)C)C(CCO)C2)c1C. The van der Waals surface area contributed by atoms with Crippen molar-refractivity contribution in [3.63, 3.8) is 0 Å². The van der Waals surface area contributed by atoms with Gasteiger partial charge in [0.25, 0.3) is 0 Å². The first-order chi connectivity index (χ1) is 11.0. The van der Waals surface area contributed by atoms with Gasteiger partial charge < -0.3 is 5.11 Å². The standard InChI is InChI=1S/C18H34N4O/c1-6-22-16(5)18(15(4)19-22)13-20-8-9-21(11-14(2)3)17(12-20)7-10-23/h14,17,23H,6-13H2,1-5H3. The van der Waals surface area contributed by atoms with E-state index in [0.717, 1.165) is 51.4 Å². The maximum atomic E-state index is 9.41. The molecule has 0 amide bonds. The third-order valence-corrected chi connectivity index (χ3v) is 4.96. The summed E-state index contributed by atoms with van der Waals surface area (Å²) in [6.45, 7) is 17.6. The normalized spacial score (nSPS) is 20.6. The molecule has 5 heteroatoms. The van der Waals surface area contributed by atoms with Crippen LogP contribution in [0.5, 0.6) is 0 Å². The Bertz CT molecular complexity index is 497. The smallest absolute Gasteiger partial charge is 0.0641 e. The molecule has 2 rings (SSSR count). The Kier molecular flexibility index (Phi) is 6.62. The second kappa shape index (κ2) is 8.27. The van der Waals surface area contributed by atoms with Crippen LogP contribution in [0.15, 0.2) is 0 Å². The predicted molar refractivity (Wildman–Crippen MR) is 94.6 cm³/mol. The van der Waals surface area contributed by atoms with Crippen LogP contribution in [0.25, 0.3) is 0 Å². The van der Waals surface area contributed by atoms with Crippen LogP contribution in [0.1, 0.15) is 44.1 Å². The molecule has 0 bridgehead atoms. The van der Waals surface area contributed by atoms with Crippen LogP contribution >= 0.6 is 0 Å². The minimum Gasteiger partial charge on any atom is -0.396 e. The fourth-order valence-corrected chi connectivity index (χ4v) is 3.73. The topological polar surface area (TPSA) is 44.5 Å². The zero-order chi connectivity index (χ0) is 17.0. The highest BCUT2D eigenvalue weighted by molar-refractivity contribution is 5.24. The molecule has 1 saturated heterocycles. The van der Waals surface area contributed by atoms with E-state index < -0.39 is 0 Å². The van der Waals surface area contributed by atoms with E-state index >= 15 is 0 Å². The molecule has 5 nitrogen and oxygen atoms in total. The Morgan fingerprint density at radius 1 is 1.26 bits per heavy atom. The fourth-order valence-electron chi connectivity index (χ4n) is 3.73. The van der Waals surface area contributed by atoms with Crippen molar-refractivity contribution in [2.75, 3.05) is 32.8 Å². The first-order valence-corrected chi connectivity index (χ1v) is 9.06. The summed E-state index contributed by atoms with van der Waals surface area (Å²) in [4.78, 5) is 5.10. The molecule has 1 aliphatic rings. The lowest BCUT2D eigenvalue weighted by molar-refractivity contribution is 0.0475. The van der Waals surface area contributed by atoms with Crippen molar-refractivity contribution < 1.29 is 5.11 Å². The molecule has 1 N–H and O–H groups in total. The van der Waals surface area contributed by atoms with Gasteiger partial charge in [0.15, 0.2) is 0 Å². The Labute approximate surface area is 141 Å². The average molecular weight is 322 g/mol. The van der Waals surface area contributed by atoms with Crippen LogP contribution in [0.3, 0.4) is 0 Å². The second-order valence-corrected chi connectivity index (χ2v) is 7.26. The molecular weight excluding hydrogens is 288 g/mol.